The van der Waals surface area contributed by atoms with Gasteiger partial charge in [0, 0.05) is 19.0 Å². The standard InChI is InChI=1S/C13H19NO3/c1-16-11-4-3-10(12(7-11)17-2)8-13(15)5-6-14-9-13/h3-4,7,14-15H,5-6,8-9H2,1-2H3. The summed E-state index contributed by atoms with van der Waals surface area (Å²) in [6.07, 6.45) is 1.38. The molecule has 1 aromatic carbocycles. The summed E-state index contributed by atoms with van der Waals surface area (Å²) in [5.41, 5.74) is 0.363. The number of methoxy groups -OCH3 is 2. The van der Waals surface area contributed by atoms with E-state index in [1.54, 1.807) is 14.2 Å². The normalized spacial score (nSPS) is 23.7. The van der Waals surface area contributed by atoms with Gasteiger partial charge in [-0.05, 0) is 24.6 Å². The van der Waals surface area contributed by atoms with Gasteiger partial charge in [-0.15, -0.1) is 0 Å². The molecule has 0 radical (unpaired) electrons. The maximum absolute atomic E-state index is 10.3. The van der Waals surface area contributed by atoms with Gasteiger partial charge in [-0.1, -0.05) is 6.07 Å². The van der Waals surface area contributed by atoms with Crippen molar-refractivity contribution in [3.05, 3.63) is 23.8 Å². The molecule has 1 atom stereocenters. The maximum Gasteiger partial charge on any atom is 0.125 e. The summed E-state index contributed by atoms with van der Waals surface area (Å²) in [5.74, 6) is 1.53. The van der Waals surface area contributed by atoms with Gasteiger partial charge in [0.25, 0.3) is 0 Å². The predicted octanol–water partition coefficient (Wildman–Crippen LogP) is 0.971. The molecule has 0 aromatic heterocycles. The molecule has 1 aromatic rings. The third-order valence-corrected chi connectivity index (χ3v) is 3.23. The van der Waals surface area contributed by atoms with Crippen LogP contribution in [0.3, 0.4) is 0 Å². The minimum atomic E-state index is -0.651. The first kappa shape index (κ1) is 12.2. The molecule has 1 aliphatic rings. The van der Waals surface area contributed by atoms with E-state index in [4.69, 9.17) is 9.47 Å². The van der Waals surface area contributed by atoms with E-state index in [1.807, 2.05) is 18.2 Å². The zero-order valence-corrected chi connectivity index (χ0v) is 10.3. The lowest BCUT2D eigenvalue weighted by atomic mass is 9.93. The third kappa shape index (κ3) is 2.70. The SMILES string of the molecule is COc1ccc(CC2(O)CCNC2)c(OC)c1. The molecular weight excluding hydrogens is 218 g/mol. The molecule has 1 saturated heterocycles. The molecule has 0 saturated carbocycles. The van der Waals surface area contributed by atoms with Crippen LogP contribution in [0.25, 0.3) is 0 Å². The molecule has 2 N–H and O–H groups in total. The quantitative estimate of drug-likeness (QED) is 0.819. The van der Waals surface area contributed by atoms with Crippen LogP contribution in [0.2, 0.25) is 0 Å². The predicted molar refractivity (Wildman–Crippen MR) is 65.7 cm³/mol. The number of hydrogen-bond acceptors (Lipinski definition) is 4. The Kier molecular flexibility index (Phi) is 3.54. The second-order valence-electron chi connectivity index (χ2n) is 4.51. The fraction of sp³-hybridized carbons (Fsp3) is 0.538. The monoisotopic (exact) mass is 237 g/mol. The van der Waals surface area contributed by atoms with E-state index in [0.717, 1.165) is 30.0 Å². The van der Waals surface area contributed by atoms with Crippen molar-refractivity contribution in [1.82, 2.24) is 5.32 Å². The molecule has 0 aliphatic carbocycles. The van der Waals surface area contributed by atoms with E-state index in [2.05, 4.69) is 5.32 Å². The van der Waals surface area contributed by atoms with Crippen LogP contribution in [0, 0.1) is 0 Å². The van der Waals surface area contributed by atoms with Crippen LogP contribution in [-0.4, -0.2) is 38.0 Å². The van der Waals surface area contributed by atoms with Crippen LogP contribution < -0.4 is 14.8 Å². The average molecular weight is 237 g/mol. The van der Waals surface area contributed by atoms with Gasteiger partial charge < -0.3 is 19.9 Å². The lowest BCUT2D eigenvalue weighted by Crippen LogP contribution is -2.33. The van der Waals surface area contributed by atoms with Crippen LogP contribution in [0.5, 0.6) is 11.5 Å². The van der Waals surface area contributed by atoms with E-state index in [9.17, 15) is 5.11 Å². The summed E-state index contributed by atoms with van der Waals surface area (Å²) in [6.45, 7) is 1.51. The number of ether oxygens (including phenoxy) is 2. The van der Waals surface area contributed by atoms with Crippen molar-refractivity contribution in [2.75, 3.05) is 27.3 Å². The summed E-state index contributed by atoms with van der Waals surface area (Å²) < 4.78 is 10.5. The van der Waals surface area contributed by atoms with Crippen molar-refractivity contribution in [3.8, 4) is 11.5 Å². The van der Waals surface area contributed by atoms with E-state index >= 15 is 0 Å². The molecule has 1 aliphatic heterocycles. The Morgan fingerprint density at radius 2 is 2.18 bits per heavy atom. The van der Waals surface area contributed by atoms with E-state index in [1.165, 1.54) is 0 Å². The average Bonchev–Trinajstić information content (AvgIpc) is 2.76. The first-order valence-corrected chi connectivity index (χ1v) is 5.81. The number of hydrogen-bond donors (Lipinski definition) is 2. The van der Waals surface area contributed by atoms with Gasteiger partial charge in [0.15, 0.2) is 0 Å². The van der Waals surface area contributed by atoms with Crippen molar-refractivity contribution >= 4 is 0 Å². The minimum absolute atomic E-state index is 0.604. The zero-order valence-electron chi connectivity index (χ0n) is 10.3. The molecular formula is C13H19NO3. The number of aliphatic hydroxyl groups is 1. The summed E-state index contributed by atoms with van der Waals surface area (Å²) in [6, 6.07) is 5.69. The van der Waals surface area contributed by atoms with E-state index in [0.29, 0.717) is 13.0 Å². The van der Waals surface area contributed by atoms with Gasteiger partial charge in [-0.2, -0.15) is 0 Å². The lowest BCUT2D eigenvalue weighted by molar-refractivity contribution is 0.0612. The zero-order chi connectivity index (χ0) is 12.3. The van der Waals surface area contributed by atoms with Crippen molar-refractivity contribution in [2.45, 2.75) is 18.4 Å². The smallest absolute Gasteiger partial charge is 0.125 e. The summed E-state index contributed by atoms with van der Waals surface area (Å²) in [5, 5.41) is 13.5. The number of rotatable bonds is 4. The molecule has 0 bridgehead atoms. The molecule has 0 amide bonds. The Bertz CT molecular complexity index is 386. The summed E-state index contributed by atoms with van der Waals surface area (Å²) >= 11 is 0. The van der Waals surface area contributed by atoms with Gasteiger partial charge >= 0.3 is 0 Å². The van der Waals surface area contributed by atoms with Crippen LogP contribution in [0.1, 0.15) is 12.0 Å². The molecule has 0 spiro atoms. The highest BCUT2D eigenvalue weighted by Crippen LogP contribution is 2.29. The third-order valence-electron chi connectivity index (χ3n) is 3.23. The molecule has 1 fully saturated rings. The van der Waals surface area contributed by atoms with Gasteiger partial charge in [0.1, 0.15) is 11.5 Å². The van der Waals surface area contributed by atoms with Gasteiger partial charge in [-0.25, -0.2) is 0 Å². The van der Waals surface area contributed by atoms with Gasteiger partial charge in [0.05, 0.1) is 19.8 Å². The van der Waals surface area contributed by atoms with E-state index in [-0.39, 0.29) is 0 Å². The molecule has 4 nitrogen and oxygen atoms in total. The molecule has 2 rings (SSSR count). The Labute approximate surface area is 102 Å². The van der Waals surface area contributed by atoms with Crippen LogP contribution in [0.15, 0.2) is 18.2 Å². The van der Waals surface area contributed by atoms with E-state index < -0.39 is 5.60 Å². The van der Waals surface area contributed by atoms with Crippen molar-refractivity contribution in [2.24, 2.45) is 0 Å². The van der Waals surface area contributed by atoms with Crippen molar-refractivity contribution in [3.63, 3.8) is 0 Å². The Balaban J connectivity index is 2.20. The highest BCUT2D eigenvalue weighted by molar-refractivity contribution is 5.41. The Hall–Kier alpha value is -1.26. The van der Waals surface area contributed by atoms with Gasteiger partial charge in [0.2, 0.25) is 0 Å². The van der Waals surface area contributed by atoms with Crippen molar-refractivity contribution in [1.29, 1.82) is 0 Å². The topological polar surface area (TPSA) is 50.7 Å². The van der Waals surface area contributed by atoms with Crippen LogP contribution in [0.4, 0.5) is 0 Å². The lowest BCUT2D eigenvalue weighted by Gasteiger charge is -2.22. The fourth-order valence-electron chi connectivity index (χ4n) is 2.23. The van der Waals surface area contributed by atoms with Crippen LogP contribution in [-0.2, 0) is 6.42 Å². The first-order chi connectivity index (χ1) is 8.17. The van der Waals surface area contributed by atoms with Crippen molar-refractivity contribution < 1.29 is 14.6 Å². The number of benzene rings is 1. The minimum Gasteiger partial charge on any atom is -0.497 e. The Morgan fingerprint density at radius 1 is 1.35 bits per heavy atom. The largest absolute Gasteiger partial charge is 0.497 e. The molecule has 94 valence electrons. The first-order valence-electron chi connectivity index (χ1n) is 5.81. The molecule has 17 heavy (non-hydrogen) atoms. The Morgan fingerprint density at radius 3 is 2.76 bits per heavy atom. The molecule has 4 heteroatoms. The van der Waals surface area contributed by atoms with Gasteiger partial charge in [-0.3, -0.25) is 0 Å². The second-order valence-corrected chi connectivity index (χ2v) is 4.51. The van der Waals surface area contributed by atoms with Crippen LogP contribution >= 0.6 is 0 Å². The number of nitrogens with one attached hydrogen (secondary N) is 1. The highest BCUT2D eigenvalue weighted by atomic mass is 16.5. The molecule has 1 heterocycles. The maximum atomic E-state index is 10.3. The molecule has 1 unspecified atom stereocenters. The highest BCUT2D eigenvalue weighted by Gasteiger charge is 2.32. The fourth-order valence-corrected chi connectivity index (χ4v) is 2.23. The summed E-state index contributed by atoms with van der Waals surface area (Å²) in [4.78, 5) is 0. The second kappa shape index (κ2) is 4.94. The summed E-state index contributed by atoms with van der Waals surface area (Å²) in [7, 11) is 3.26. The number of β-amino-alcohol motifs (C(OH)–C–C–N with tert-alkyl or cyclic N) is 1.